The largest absolute Gasteiger partial charge is 0.478 e. The summed E-state index contributed by atoms with van der Waals surface area (Å²) in [6, 6.07) is 18.7. The van der Waals surface area contributed by atoms with Crippen molar-refractivity contribution in [2.45, 2.75) is 25.4 Å². The molecule has 0 aromatic heterocycles. The average Bonchev–Trinajstić information content (AvgIpc) is 2.98. The number of carboxylic acid groups (broad SMARTS) is 1. The number of hydrazine groups is 1. The van der Waals surface area contributed by atoms with Gasteiger partial charge in [-0.15, -0.1) is 0 Å². The van der Waals surface area contributed by atoms with Gasteiger partial charge in [0, 0.05) is 12.0 Å². The summed E-state index contributed by atoms with van der Waals surface area (Å²) in [5, 5.41) is 11.7. The van der Waals surface area contributed by atoms with Crippen LogP contribution < -0.4 is 10.4 Å². The number of anilines is 1. The fourth-order valence-electron chi connectivity index (χ4n) is 2.70. The molecule has 1 heterocycles. The van der Waals surface area contributed by atoms with Crippen LogP contribution in [0.25, 0.3) is 0 Å². The van der Waals surface area contributed by atoms with E-state index in [1.165, 1.54) is 0 Å². The van der Waals surface area contributed by atoms with Crippen molar-refractivity contribution in [1.82, 2.24) is 5.43 Å². The molecule has 0 amide bonds. The van der Waals surface area contributed by atoms with Crippen molar-refractivity contribution in [3.63, 3.8) is 0 Å². The first-order valence-corrected chi connectivity index (χ1v) is 7.68. The van der Waals surface area contributed by atoms with Crippen LogP contribution in [0.2, 0.25) is 0 Å². The van der Waals surface area contributed by atoms with Gasteiger partial charge in [0.1, 0.15) is 5.84 Å². The van der Waals surface area contributed by atoms with Gasteiger partial charge in [0.05, 0.1) is 5.69 Å². The second-order valence-electron chi connectivity index (χ2n) is 5.44. The molecule has 5 heteroatoms. The molecule has 0 saturated carbocycles. The van der Waals surface area contributed by atoms with Crippen molar-refractivity contribution in [2.75, 3.05) is 5.01 Å². The summed E-state index contributed by atoms with van der Waals surface area (Å²) in [5.41, 5.74) is 3.10. The Balaban J connectivity index is 2.08. The molecule has 2 N–H and O–H groups in total. The number of aliphatic carboxylic acids is 1. The topological polar surface area (TPSA) is 64.9 Å². The standard InChI is InChI=1S/C18H19N3O2/c1-2-9-16-19-18(17(22)23,14-10-5-3-6-11-14)20-21(16)15-12-7-4-8-13-15/h3-8,10-13,20H,2,9H2,1H3,(H,22,23). The maximum Gasteiger partial charge on any atom is 0.353 e. The second kappa shape index (κ2) is 6.22. The highest BCUT2D eigenvalue weighted by Gasteiger charge is 2.47. The molecular formula is C18H19N3O2. The number of carbonyl (C=O) groups is 1. The van der Waals surface area contributed by atoms with Crippen molar-refractivity contribution < 1.29 is 9.90 Å². The highest BCUT2D eigenvalue weighted by atomic mass is 16.4. The summed E-state index contributed by atoms with van der Waals surface area (Å²) in [5.74, 6) is -0.291. The SMILES string of the molecule is CCCC1=NC(C(=O)O)(c2ccccc2)NN1c1ccccc1. The molecule has 0 radical (unpaired) electrons. The van der Waals surface area contributed by atoms with Gasteiger partial charge in [0.15, 0.2) is 0 Å². The maximum atomic E-state index is 12.1. The van der Waals surface area contributed by atoms with Gasteiger partial charge >= 0.3 is 5.97 Å². The molecule has 0 fully saturated rings. The van der Waals surface area contributed by atoms with Gasteiger partial charge < -0.3 is 5.11 Å². The number of para-hydroxylation sites is 1. The molecule has 3 rings (SSSR count). The zero-order valence-electron chi connectivity index (χ0n) is 12.9. The highest BCUT2D eigenvalue weighted by molar-refractivity contribution is 6.02. The van der Waals surface area contributed by atoms with Crippen molar-refractivity contribution in [1.29, 1.82) is 0 Å². The molecule has 0 saturated heterocycles. The first-order chi connectivity index (χ1) is 11.2. The summed E-state index contributed by atoms with van der Waals surface area (Å²) in [6.45, 7) is 2.05. The number of benzene rings is 2. The molecule has 2 aromatic carbocycles. The van der Waals surface area contributed by atoms with Gasteiger partial charge in [0.2, 0.25) is 0 Å². The summed E-state index contributed by atoms with van der Waals surface area (Å²) < 4.78 is 0. The Morgan fingerprint density at radius 3 is 2.30 bits per heavy atom. The fourth-order valence-corrected chi connectivity index (χ4v) is 2.70. The zero-order chi connectivity index (χ0) is 16.3. The van der Waals surface area contributed by atoms with Crippen LogP contribution >= 0.6 is 0 Å². The van der Waals surface area contributed by atoms with E-state index in [1.807, 2.05) is 48.5 Å². The normalized spacial score (nSPS) is 20.4. The molecule has 5 nitrogen and oxygen atoms in total. The predicted molar refractivity (Wildman–Crippen MR) is 90.2 cm³/mol. The molecule has 0 bridgehead atoms. The summed E-state index contributed by atoms with van der Waals surface area (Å²) in [7, 11) is 0. The Morgan fingerprint density at radius 1 is 1.13 bits per heavy atom. The number of nitrogens with one attached hydrogen (secondary N) is 1. The molecule has 0 aliphatic carbocycles. The van der Waals surface area contributed by atoms with E-state index in [0.29, 0.717) is 12.0 Å². The lowest BCUT2D eigenvalue weighted by Crippen LogP contribution is -2.51. The molecule has 0 spiro atoms. The molecule has 1 atom stereocenters. The van der Waals surface area contributed by atoms with Gasteiger partial charge in [-0.05, 0) is 18.6 Å². The lowest BCUT2D eigenvalue weighted by Gasteiger charge is -2.26. The Bertz CT molecular complexity index is 716. The third-order valence-corrected chi connectivity index (χ3v) is 3.82. The minimum atomic E-state index is -1.48. The monoisotopic (exact) mass is 309 g/mol. The van der Waals surface area contributed by atoms with E-state index in [2.05, 4.69) is 17.3 Å². The van der Waals surface area contributed by atoms with Crippen LogP contribution in [-0.2, 0) is 10.5 Å². The van der Waals surface area contributed by atoms with Crippen LogP contribution in [0.5, 0.6) is 0 Å². The fraction of sp³-hybridized carbons (Fsp3) is 0.222. The summed E-state index contributed by atoms with van der Waals surface area (Å²) >= 11 is 0. The highest BCUT2D eigenvalue weighted by Crippen LogP contribution is 2.32. The van der Waals surface area contributed by atoms with E-state index < -0.39 is 11.6 Å². The predicted octanol–water partition coefficient (Wildman–Crippen LogP) is 3.15. The van der Waals surface area contributed by atoms with Gasteiger partial charge in [0.25, 0.3) is 5.66 Å². The van der Waals surface area contributed by atoms with E-state index in [-0.39, 0.29) is 0 Å². The minimum absolute atomic E-state index is 0.611. The van der Waals surface area contributed by atoms with Crippen LogP contribution in [0.3, 0.4) is 0 Å². The van der Waals surface area contributed by atoms with Crippen LogP contribution in [0.4, 0.5) is 5.69 Å². The van der Waals surface area contributed by atoms with E-state index in [9.17, 15) is 9.90 Å². The Hall–Kier alpha value is -2.66. The number of hydrogen-bond donors (Lipinski definition) is 2. The second-order valence-corrected chi connectivity index (χ2v) is 5.44. The Labute approximate surface area is 135 Å². The number of amidine groups is 1. The first-order valence-electron chi connectivity index (χ1n) is 7.68. The lowest BCUT2D eigenvalue weighted by molar-refractivity contribution is -0.144. The number of rotatable bonds is 5. The quantitative estimate of drug-likeness (QED) is 0.890. The molecular weight excluding hydrogens is 290 g/mol. The Kier molecular flexibility index (Phi) is 4.12. The van der Waals surface area contributed by atoms with Gasteiger partial charge in [-0.25, -0.2) is 9.79 Å². The third-order valence-electron chi connectivity index (χ3n) is 3.82. The van der Waals surface area contributed by atoms with Gasteiger partial charge in [-0.1, -0.05) is 55.5 Å². The zero-order valence-corrected chi connectivity index (χ0v) is 12.9. The smallest absolute Gasteiger partial charge is 0.353 e. The third kappa shape index (κ3) is 2.71. The number of hydrogen-bond acceptors (Lipinski definition) is 4. The number of nitrogens with zero attached hydrogens (tertiary/aromatic N) is 2. The molecule has 1 aliphatic heterocycles. The van der Waals surface area contributed by atoms with Gasteiger partial charge in [-0.2, -0.15) is 5.43 Å². The minimum Gasteiger partial charge on any atom is -0.478 e. The van der Waals surface area contributed by atoms with Crippen molar-refractivity contribution in [3.05, 3.63) is 66.2 Å². The van der Waals surface area contributed by atoms with E-state index >= 15 is 0 Å². The maximum absolute atomic E-state index is 12.1. The molecule has 23 heavy (non-hydrogen) atoms. The molecule has 2 aromatic rings. The van der Waals surface area contributed by atoms with Crippen molar-refractivity contribution in [2.24, 2.45) is 4.99 Å². The summed E-state index contributed by atoms with van der Waals surface area (Å²) in [6.07, 6.45) is 1.58. The Morgan fingerprint density at radius 2 is 1.74 bits per heavy atom. The van der Waals surface area contributed by atoms with Crippen LogP contribution in [0, 0.1) is 0 Å². The molecule has 1 aliphatic rings. The number of aliphatic imine (C=N–C) groups is 1. The molecule has 118 valence electrons. The van der Waals surface area contributed by atoms with E-state index in [4.69, 9.17) is 0 Å². The van der Waals surface area contributed by atoms with Crippen molar-refractivity contribution in [3.8, 4) is 0 Å². The van der Waals surface area contributed by atoms with E-state index in [0.717, 1.165) is 17.9 Å². The van der Waals surface area contributed by atoms with Crippen LogP contribution in [-0.4, -0.2) is 16.9 Å². The first kappa shape index (κ1) is 15.2. The number of carboxylic acids is 1. The van der Waals surface area contributed by atoms with Crippen LogP contribution in [0.1, 0.15) is 25.3 Å². The van der Waals surface area contributed by atoms with Gasteiger partial charge in [-0.3, -0.25) is 5.01 Å². The summed E-state index contributed by atoms with van der Waals surface area (Å²) in [4.78, 5) is 16.6. The molecule has 1 unspecified atom stereocenters. The van der Waals surface area contributed by atoms with Crippen LogP contribution in [0.15, 0.2) is 65.7 Å². The van der Waals surface area contributed by atoms with Crippen molar-refractivity contribution >= 4 is 17.5 Å². The van der Waals surface area contributed by atoms with E-state index in [1.54, 1.807) is 17.1 Å². The average molecular weight is 309 g/mol. The lowest BCUT2D eigenvalue weighted by atomic mass is 10.0.